The molecule has 1 aromatic carbocycles. The average molecular weight is 332 g/mol. The van der Waals surface area contributed by atoms with Crippen LogP contribution in [0.2, 0.25) is 5.02 Å². The van der Waals surface area contributed by atoms with Crippen molar-refractivity contribution in [3.05, 3.63) is 45.3 Å². The number of carbonyl (C=O) groups excluding carboxylic acids is 1. The molecule has 6 heteroatoms. The van der Waals surface area contributed by atoms with Crippen LogP contribution in [0.15, 0.2) is 24.3 Å². The Morgan fingerprint density at radius 1 is 1.27 bits per heavy atom. The van der Waals surface area contributed by atoms with Crippen LogP contribution in [0, 0.1) is 11.3 Å². The molecule has 0 saturated carbocycles. The first-order valence-corrected chi connectivity index (χ1v) is 8.25. The van der Waals surface area contributed by atoms with E-state index in [1.54, 1.807) is 24.3 Å². The van der Waals surface area contributed by atoms with Gasteiger partial charge >= 0.3 is 6.03 Å². The molecular formula is C16H14ClN3OS. The van der Waals surface area contributed by atoms with E-state index < -0.39 is 0 Å². The minimum Gasteiger partial charge on any atom is -0.308 e. The topological polar surface area (TPSA) is 64.9 Å². The van der Waals surface area contributed by atoms with Gasteiger partial charge in [0.1, 0.15) is 11.1 Å². The third-order valence-electron chi connectivity index (χ3n) is 3.59. The van der Waals surface area contributed by atoms with Crippen molar-refractivity contribution in [3.63, 3.8) is 0 Å². The number of halogens is 1. The number of urea groups is 1. The van der Waals surface area contributed by atoms with E-state index in [0.29, 0.717) is 21.3 Å². The first-order valence-electron chi connectivity index (χ1n) is 7.05. The van der Waals surface area contributed by atoms with Crippen molar-refractivity contribution in [2.75, 3.05) is 10.6 Å². The number of fused-ring (bicyclic) bond motifs is 1. The van der Waals surface area contributed by atoms with Gasteiger partial charge in [-0.25, -0.2) is 4.79 Å². The third kappa shape index (κ3) is 3.08. The van der Waals surface area contributed by atoms with Crippen LogP contribution in [0.3, 0.4) is 0 Å². The highest BCUT2D eigenvalue weighted by molar-refractivity contribution is 7.16. The first kappa shape index (κ1) is 14.9. The Morgan fingerprint density at radius 2 is 2.09 bits per heavy atom. The number of aryl methyl sites for hydroxylation is 1. The number of benzene rings is 1. The van der Waals surface area contributed by atoms with Crippen LogP contribution < -0.4 is 10.6 Å². The van der Waals surface area contributed by atoms with Crippen molar-refractivity contribution in [2.45, 2.75) is 25.7 Å². The summed E-state index contributed by atoms with van der Waals surface area (Å²) in [6, 6.07) is 8.81. The van der Waals surface area contributed by atoms with Crippen LogP contribution in [-0.2, 0) is 12.8 Å². The lowest BCUT2D eigenvalue weighted by Crippen LogP contribution is -2.19. The Bertz CT molecular complexity index is 763. The number of carbonyl (C=O) groups is 1. The summed E-state index contributed by atoms with van der Waals surface area (Å²) in [5.41, 5.74) is 2.34. The van der Waals surface area contributed by atoms with Crippen molar-refractivity contribution in [1.29, 1.82) is 5.26 Å². The Morgan fingerprint density at radius 3 is 2.86 bits per heavy atom. The van der Waals surface area contributed by atoms with Crippen LogP contribution in [0.4, 0.5) is 15.5 Å². The van der Waals surface area contributed by atoms with E-state index in [1.807, 2.05) is 0 Å². The molecule has 0 spiro atoms. The van der Waals surface area contributed by atoms with Crippen molar-refractivity contribution in [2.24, 2.45) is 0 Å². The molecule has 2 amide bonds. The Labute approximate surface area is 137 Å². The van der Waals surface area contributed by atoms with Crippen LogP contribution in [0.1, 0.15) is 28.8 Å². The number of nitriles is 1. The molecule has 1 aromatic heterocycles. The standard InChI is InChI=1S/C16H14ClN3OS/c17-10-4-3-5-11(8-10)19-16(21)20-15-13(9-18)12-6-1-2-7-14(12)22-15/h3-5,8H,1-2,6-7H2,(H2,19,20,21). The molecule has 0 unspecified atom stereocenters. The normalized spacial score (nSPS) is 13.1. The second kappa shape index (κ2) is 6.39. The zero-order chi connectivity index (χ0) is 15.5. The van der Waals surface area contributed by atoms with Gasteiger partial charge in [0.25, 0.3) is 0 Å². The van der Waals surface area contributed by atoms with Crippen LogP contribution in [0.5, 0.6) is 0 Å². The highest BCUT2D eigenvalue weighted by Crippen LogP contribution is 2.37. The maximum atomic E-state index is 12.1. The second-order valence-electron chi connectivity index (χ2n) is 5.12. The number of rotatable bonds is 2. The summed E-state index contributed by atoms with van der Waals surface area (Å²) in [5, 5.41) is 16.1. The Hall–Kier alpha value is -2.03. The molecule has 4 nitrogen and oxygen atoms in total. The predicted octanol–water partition coefficient (Wildman–Crippen LogP) is 4.80. The monoisotopic (exact) mass is 331 g/mol. The van der Waals surface area contributed by atoms with Gasteiger partial charge in [-0.15, -0.1) is 11.3 Å². The lowest BCUT2D eigenvalue weighted by Gasteiger charge is -2.09. The van der Waals surface area contributed by atoms with Gasteiger partial charge in [-0.1, -0.05) is 17.7 Å². The fourth-order valence-corrected chi connectivity index (χ4v) is 4.03. The molecule has 0 atom stereocenters. The number of hydrogen-bond donors (Lipinski definition) is 2. The van der Waals surface area contributed by atoms with Crippen LogP contribution in [0.25, 0.3) is 0 Å². The van der Waals surface area contributed by atoms with E-state index in [2.05, 4.69) is 16.7 Å². The number of anilines is 2. The summed E-state index contributed by atoms with van der Waals surface area (Å²) in [6.07, 6.45) is 4.16. The summed E-state index contributed by atoms with van der Waals surface area (Å²) < 4.78 is 0. The van der Waals surface area contributed by atoms with Crippen molar-refractivity contribution < 1.29 is 4.79 Å². The summed E-state index contributed by atoms with van der Waals surface area (Å²) in [5.74, 6) is 0. The molecular weight excluding hydrogens is 318 g/mol. The van der Waals surface area contributed by atoms with Gasteiger partial charge in [-0.05, 0) is 49.4 Å². The van der Waals surface area contributed by atoms with Gasteiger partial charge in [0.15, 0.2) is 0 Å². The van der Waals surface area contributed by atoms with E-state index in [-0.39, 0.29) is 6.03 Å². The van der Waals surface area contributed by atoms with Gasteiger partial charge in [-0.3, -0.25) is 5.32 Å². The van der Waals surface area contributed by atoms with Crippen molar-refractivity contribution >= 4 is 39.7 Å². The van der Waals surface area contributed by atoms with E-state index >= 15 is 0 Å². The highest BCUT2D eigenvalue weighted by atomic mass is 35.5. The van der Waals surface area contributed by atoms with Gasteiger partial charge in [-0.2, -0.15) is 5.26 Å². The lowest BCUT2D eigenvalue weighted by molar-refractivity contribution is 0.262. The SMILES string of the molecule is N#Cc1c(NC(=O)Nc2cccc(Cl)c2)sc2c1CCCC2. The number of thiophene rings is 1. The molecule has 1 heterocycles. The number of amides is 2. The van der Waals surface area contributed by atoms with Gasteiger partial charge in [0.2, 0.25) is 0 Å². The summed E-state index contributed by atoms with van der Waals surface area (Å²) in [4.78, 5) is 13.3. The van der Waals surface area contributed by atoms with Gasteiger partial charge in [0.05, 0.1) is 5.56 Å². The fourth-order valence-electron chi connectivity index (χ4n) is 2.60. The molecule has 112 valence electrons. The maximum absolute atomic E-state index is 12.1. The van der Waals surface area contributed by atoms with E-state index in [9.17, 15) is 10.1 Å². The molecule has 2 aromatic rings. The average Bonchev–Trinajstić information content (AvgIpc) is 2.83. The third-order valence-corrected chi connectivity index (χ3v) is 5.03. The molecule has 1 aliphatic carbocycles. The second-order valence-corrected chi connectivity index (χ2v) is 6.66. The van der Waals surface area contributed by atoms with E-state index in [1.165, 1.54) is 16.2 Å². The molecule has 0 radical (unpaired) electrons. The van der Waals surface area contributed by atoms with Crippen molar-refractivity contribution in [1.82, 2.24) is 0 Å². The molecule has 22 heavy (non-hydrogen) atoms. The Balaban J connectivity index is 1.77. The largest absolute Gasteiger partial charge is 0.324 e. The Kier molecular flexibility index (Phi) is 4.32. The number of hydrogen-bond acceptors (Lipinski definition) is 3. The molecule has 1 aliphatic rings. The smallest absolute Gasteiger partial charge is 0.308 e. The summed E-state index contributed by atoms with van der Waals surface area (Å²) >= 11 is 7.40. The van der Waals surface area contributed by atoms with Crippen molar-refractivity contribution in [3.8, 4) is 6.07 Å². The minimum atomic E-state index is -0.364. The van der Waals surface area contributed by atoms with E-state index in [0.717, 1.165) is 31.2 Å². The fraction of sp³-hybridized carbons (Fsp3) is 0.250. The number of nitrogens with zero attached hydrogens (tertiary/aromatic N) is 1. The molecule has 0 bridgehead atoms. The lowest BCUT2D eigenvalue weighted by atomic mass is 9.96. The predicted molar refractivity (Wildman–Crippen MR) is 89.8 cm³/mol. The minimum absolute atomic E-state index is 0.364. The maximum Gasteiger partial charge on any atom is 0.324 e. The van der Waals surface area contributed by atoms with Crippen LogP contribution in [-0.4, -0.2) is 6.03 Å². The molecule has 3 rings (SSSR count). The molecule has 0 aliphatic heterocycles. The molecule has 2 N–H and O–H groups in total. The number of nitrogens with one attached hydrogen (secondary N) is 2. The van der Waals surface area contributed by atoms with E-state index in [4.69, 9.17) is 11.6 Å². The first-order chi connectivity index (χ1) is 10.7. The highest BCUT2D eigenvalue weighted by Gasteiger charge is 2.21. The molecule has 0 fully saturated rings. The summed E-state index contributed by atoms with van der Waals surface area (Å²) in [6.45, 7) is 0. The van der Waals surface area contributed by atoms with Crippen LogP contribution >= 0.6 is 22.9 Å². The zero-order valence-electron chi connectivity index (χ0n) is 11.8. The summed E-state index contributed by atoms with van der Waals surface area (Å²) in [7, 11) is 0. The quantitative estimate of drug-likeness (QED) is 0.830. The van der Waals surface area contributed by atoms with Gasteiger partial charge in [0, 0.05) is 15.6 Å². The van der Waals surface area contributed by atoms with Gasteiger partial charge < -0.3 is 5.32 Å². The zero-order valence-corrected chi connectivity index (χ0v) is 13.4. The molecule has 0 saturated heterocycles.